The van der Waals surface area contributed by atoms with Gasteiger partial charge in [-0.25, -0.2) is 17.8 Å². The molecule has 0 unspecified atom stereocenters. The van der Waals surface area contributed by atoms with Crippen molar-refractivity contribution in [1.29, 1.82) is 0 Å². The molecule has 0 aliphatic heterocycles. The van der Waals surface area contributed by atoms with E-state index in [4.69, 9.17) is 5.73 Å². The van der Waals surface area contributed by atoms with Gasteiger partial charge in [0.15, 0.2) is 0 Å². The third-order valence-corrected chi connectivity index (χ3v) is 6.08. The predicted molar refractivity (Wildman–Crippen MR) is 84.0 cm³/mol. The zero-order valence-electron chi connectivity index (χ0n) is 11.3. The maximum atomic E-state index is 13.4. The van der Waals surface area contributed by atoms with E-state index in [1.807, 2.05) is 6.92 Å². The summed E-state index contributed by atoms with van der Waals surface area (Å²) in [6, 6.07) is 2.15. The lowest BCUT2D eigenvalue weighted by atomic mass is 10.3. The molecule has 0 bridgehead atoms. The summed E-state index contributed by atoms with van der Waals surface area (Å²) in [5, 5.41) is 2.66. The fourth-order valence-corrected chi connectivity index (χ4v) is 4.09. The van der Waals surface area contributed by atoms with Crippen molar-refractivity contribution in [3.63, 3.8) is 0 Å². The van der Waals surface area contributed by atoms with Gasteiger partial charge in [0.1, 0.15) is 10.7 Å². The van der Waals surface area contributed by atoms with Gasteiger partial charge in [0.2, 0.25) is 10.0 Å². The first-order valence-corrected chi connectivity index (χ1v) is 8.95. The van der Waals surface area contributed by atoms with Crippen LogP contribution in [0, 0.1) is 12.7 Å². The Kier molecular flexibility index (Phi) is 4.66. The maximum Gasteiger partial charge on any atom is 0.245 e. The molecule has 1 aromatic heterocycles. The zero-order valence-corrected chi connectivity index (χ0v) is 14.5. The Bertz CT molecular complexity index is 777. The van der Waals surface area contributed by atoms with E-state index in [0.29, 0.717) is 5.69 Å². The Balaban J connectivity index is 2.35. The molecule has 21 heavy (non-hydrogen) atoms. The Hall–Kier alpha value is -1.03. The van der Waals surface area contributed by atoms with Crippen molar-refractivity contribution in [2.24, 2.45) is 0 Å². The van der Waals surface area contributed by atoms with Gasteiger partial charge < -0.3 is 5.73 Å². The summed E-state index contributed by atoms with van der Waals surface area (Å²) < 4.78 is 39.6. The van der Waals surface area contributed by atoms with Crippen LogP contribution in [0.4, 0.5) is 10.1 Å². The number of benzene rings is 1. The molecule has 0 radical (unpaired) electrons. The number of halogens is 2. The van der Waals surface area contributed by atoms with Gasteiger partial charge in [-0.05, 0) is 35.0 Å². The molecule has 1 aromatic carbocycles. The van der Waals surface area contributed by atoms with E-state index in [9.17, 15) is 12.8 Å². The van der Waals surface area contributed by atoms with E-state index in [2.05, 4.69) is 20.9 Å². The summed E-state index contributed by atoms with van der Waals surface area (Å²) in [5.41, 5.74) is 6.16. The van der Waals surface area contributed by atoms with E-state index in [1.54, 1.807) is 5.38 Å². The van der Waals surface area contributed by atoms with Crippen LogP contribution in [0.3, 0.4) is 0 Å². The summed E-state index contributed by atoms with van der Waals surface area (Å²) in [4.78, 5) is 4.09. The molecular formula is C12H13BrFN3O2S2. The summed E-state index contributed by atoms with van der Waals surface area (Å²) in [6.45, 7) is 1.97. The van der Waals surface area contributed by atoms with Crippen LogP contribution in [0.1, 0.15) is 10.7 Å². The van der Waals surface area contributed by atoms with Crippen molar-refractivity contribution in [1.82, 2.24) is 9.29 Å². The second-order valence-electron chi connectivity index (χ2n) is 4.42. The Labute approximate surface area is 134 Å². The topological polar surface area (TPSA) is 76.3 Å². The van der Waals surface area contributed by atoms with Crippen molar-refractivity contribution in [3.05, 3.63) is 38.5 Å². The molecule has 9 heteroatoms. The molecular weight excluding hydrogens is 381 g/mol. The number of sulfonamides is 1. The third kappa shape index (κ3) is 3.42. The van der Waals surface area contributed by atoms with Gasteiger partial charge in [0.05, 0.1) is 27.4 Å². The van der Waals surface area contributed by atoms with E-state index in [-0.39, 0.29) is 21.6 Å². The fraction of sp³-hybridized carbons (Fsp3) is 0.250. The summed E-state index contributed by atoms with van der Waals surface area (Å²) in [6.07, 6.45) is 0. The normalized spacial score (nSPS) is 12.0. The molecule has 114 valence electrons. The number of hydrogen-bond donors (Lipinski definition) is 1. The highest BCUT2D eigenvalue weighted by molar-refractivity contribution is 9.10. The van der Waals surface area contributed by atoms with E-state index >= 15 is 0 Å². The van der Waals surface area contributed by atoms with Crippen LogP contribution in [-0.4, -0.2) is 24.8 Å². The molecule has 5 nitrogen and oxygen atoms in total. The van der Waals surface area contributed by atoms with Crippen LogP contribution < -0.4 is 5.73 Å². The number of aromatic nitrogens is 1. The smallest absolute Gasteiger partial charge is 0.245 e. The number of aryl methyl sites for hydroxylation is 1. The average molecular weight is 394 g/mol. The molecule has 0 amide bonds. The first-order chi connectivity index (χ1) is 9.71. The summed E-state index contributed by atoms with van der Waals surface area (Å²) in [5.74, 6) is -0.607. The number of nitrogens with two attached hydrogens (primary N) is 1. The zero-order chi connectivity index (χ0) is 15.8. The second kappa shape index (κ2) is 5.99. The summed E-state index contributed by atoms with van der Waals surface area (Å²) in [7, 11) is -2.39. The highest BCUT2D eigenvalue weighted by atomic mass is 79.9. The molecule has 2 aromatic rings. The van der Waals surface area contributed by atoms with Gasteiger partial charge in [-0.15, -0.1) is 11.3 Å². The molecule has 0 fully saturated rings. The first kappa shape index (κ1) is 16.3. The largest absolute Gasteiger partial charge is 0.398 e. The standard InChI is InChI=1S/C12H13BrFN3O2S2/c1-7-16-8(6-20-7)5-17(2)21(18,19)12-3-9(13)10(14)4-11(12)15/h3-4,6H,5,15H2,1-2H3. The molecule has 0 saturated heterocycles. The monoisotopic (exact) mass is 393 g/mol. The minimum atomic E-state index is -3.82. The lowest BCUT2D eigenvalue weighted by Gasteiger charge is -2.17. The molecule has 0 saturated carbocycles. The van der Waals surface area contributed by atoms with Gasteiger partial charge in [0, 0.05) is 12.4 Å². The van der Waals surface area contributed by atoms with Crippen molar-refractivity contribution in [3.8, 4) is 0 Å². The number of rotatable bonds is 4. The molecule has 2 rings (SSSR count). The fourth-order valence-electron chi connectivity index (χ4n) is 1.73. The van der Waals surface area contributed by atoms with E-state index < -0.39 is 15.8 Å². The lowest BCUT2D eigenvalue weighted by Crippen LogP contribution is -2.27. The molecule has 2 N–H and O–H groups in total. The van der Waals surface area contributed by atoms with Gasteiger partial charge in [0.25, 0.3) is 0 Å². The van der Waals surface area contributed by atoms with Gasteiger partial charge in [-0.1, -0.05) is 0 Å². The molecule has 1 heterocycles. The second-order valence-corrected chi connectivity index (χ2v) is 8.35. The molecule has 0 aliphatic carbocycles. The Morgan fingerprint density at radius 3 is 2.71 bits per heavy atom. The van der Waals surface area contributed by atoms with Gasteiger partial charge in [-0.3, -0.25) is 0 Å². The van der Waals surface area contributed by atoms with Crippen LogP contribution in [-0.2, 0) is 16.6 Å². The SMILES string of the molecule is Cc1nc(CN(C)S(=O)(=O)c2cc(Br)c(F)cc2N)cs1. The van der Waals surface area contributed by atoms with Crippen LogP contribution >= 0.6 is 27.3 Å². The number of nitrogen functional groups attached to an aromatic ring is 1. The molecule has 0 atom stereocenters. The van der Waals surface area contributed by atoms with Crippen molar-refractivity contribution >= 4 is 43.0 Å². The number of anilines is 1. The number of hydrogen-bond acceptors (Lipinski definition) is 5. The summed E-state index contributed by atoms with van der Waals surface area (Å²) >= 11 is 4.41. The van der Waals surface area contributed by atoms with E-state index in [1.165, 1.54) is 24.5 Å². The average Bonchev–Trinajstić information content (AvgIpc) is 2.79. The van der Waals surface area contributed by atoms with Crippen LogP contribution in [0.15, 0.2) is 26.9 Å². The Morgan fingerprint density at radius 1 is 1.48 bits per heavy atom. The minimum Gasteiger partial charge on any atom is -0.398 e. The van der Waals surface area contributed by atoms with Crippen molar-refractivity contribution < 1.29 is 12.8 Å². The van der Waals surface area contributed by atoms with E-state index in [0.717, 1.165) is 15.4 Å². The van der Waals surface area contributed by atoms with Crippen molar-refractivity contribution in [2.75, 3.05) is 12.8 Å². The quantitative estimate of drug-likeness (QED) is 0.810. The van der Waals surface area contributed by atoms with Crippen LogP contribution in [0.2, 0.25) is 0 Å². The van der Waals surface area contributed by atoms with Crippen LogP contribution in [0.25, 0.3) is 0 Å². The van der Waals surface area contributed by atoms with Crippen molar-refractivity contribution in [2.45, 2.75) is 18.4 Å². The highest BCUT2D eigenvalue weighted by Crippen LogP contribution is 2.28. The maximum absolute atomic E-state index is 13.4. The Morgan fingerprint density at radius 2 is 2.14 bits per heavy atom. The number of nitrogens with zero attached hydrogens (tertiary/aromatic N) is 2. The minimum absolute atomic E-state index is 0.0492. The first-order valence-electron chi connectivity index (χ1n) is 5.83. The number of thiazole rings is 1. The molecule has 0 spiro atoms. The molecule has 0 aliphatic rings. The van der Waals surface area contributed by atoms with Gasteiger partial charge >= 0.3 is 0 Å². The lowest BCUT2D eigenvalue weighted by molar-refractivity contribution is 0.463. The predicted octanol–water partition coefficient (Wildman–Crippen LogP) is 2.76. The highest BCUT2D eigenvalue weighted by Gasteiger charge is 2.25. The third-order valence-electron chi connectivity index (χ3n) is 2.79. The van der Waals surface area contributed by atoms with Crippen LogP contribution in [0.5, 0.6) is 0 Å². The van der Waals surface area contributed by atoms with Gasteiger partial charge in [-0.2, -0.15) is 4.31 Å².